The van der Waals surface area contributed by atoms with Crippen molar-refractivity contribution in [2.24, 2.45) is 11.5 Å². The average molecular weight is 399 g/mol. The monoisotopic (exact) mass is 398 g/mol. The standard InChI is InChI=1S/C24H38N4O/c1-14(2)15-11-16-17(13-19(26)22(29)27-10-9-25)21(24(6,7)8)28-20(16)18(12-15)23(3,4)5/h11-12,19,28H,1,9-10,13,25-26H2,2-8H3,(H,27,29)/t19-/m0/s1. The van der Waals surface area contributed by atoms with Crippen molar-refractivity contribution in [2.45, 2.75) is 71.8 Å². The molecular formula is C24H38N4O. The maximum atomic E-state index is 12.4. The highest BCUT2D eigenvalue weighted by atomic mass is 16.2. The number of aromatic nitrogens is 1. The van der Waals surface area contributed by atoms with Crippen LogP contribution in [0, 0.1) is 0 Å². The van der Waals surface area contributed by atoms with Crippen LogP contribution in [0.25, 0.3) is 16.5 Å². The van der Waals surface area contributed by atoms with E-state index in [1.807, 2.05) is 6.92 Å². The van der Waals surface area contributed by atoms with Gasteiger partial charge in [-0.15, -0.1) is 0 Å². The van der Waals surface area contributed by atoms with Crippen LogP contribution in [0.4, 0.5) is 0 Å². The third kappa shape index (κ3) is 5.09. The van der Waals surface area contributed by atoms with Gasteiger partial charge in [-0.3, -0.25) is 4.79 Å². The number of carbonyl (C=O) groups is 1. The molecule has 1 aromatic heterocycles. The fourth-order valence-corrected chi connectivity index (χ4v) is 3.68. The number of amides is 1. The summed E-state index contributed by atoms with van der Waals surface area (Å²) in [5, 5.41) is 3.93. The Kier molecular flexibility index (Phi) is 6.65. The Morgan fingerprint density at radius 2 is 1.79 bits per heavy atom. The summed E-state index contributed by atoms with van der Waals surface area (Å²) in [7, 11) is 0. The number of fused-ring (bicyclic) bond motifs is 1. The molecule has 1 amide bonds. The fourth-order valence-electron chi connectivity index (χ4n) is 3.68. The Hall–Kier alpha value is -2.11. The van der Waals surface area contributed by atoms with Crippen LogP contribution in [-0.2, 0) is 22.0 Å². The molecule has 1 atom stereocenters. The first-order chi connectivity index (χ1) is 13.3. The van der Waals surface area contributed by atoms with Crippen molar-refractivity contribution >= 4 is 22.4 Å². The first-order valence-electron chi connectivity index (χ1n) is 10.4. The van der Waals surface area contributed by atoms with Crippen molar-refractivity contribution in [1.29, 1.82) is 0 Å². The molecular weight excluding hydrogens is 360 g/mol. The van der Waals surface area contributed by atoms with Crippen molar-refractivity contribution < 1.29 is 4.79 Å². The molecule has 0 aliphatic heterocycles. The van der Waals surface area contributed by atoms with Crippen LogP contribution in [0.3, 0.4) is 0 Å². The minimum Gasteiger partial charge on any atom is -0.357 e. The molecule has 1 heterocycles. The van der Waals surface area contributed by atoms with E-state index in [9.17, 15) is 4.79 Å². The zero-order valence-corrected chi connectivity index (χ0v) is 19.1. The highest BCUT2D eigenvalue weighted by Gasteiger charge is 2.28. The van der Waals surface area contributed by atoms with Gasteiger partial charge in [-0.2, -0.15) is 0 Å². The number of benzene rings is 1. The lowest BCUT2D eigenvalue weighted by Crippen LogP contribution is -2.43. The number of carbonyl (C=O) groups excluding carboxylic acids is 1. The lowest BCUT2D eigenvalue weighted by Gasteiger charge is -2.21. The van der Waals surface area contributed by atoms with Gasteiger partial charge in [-0.25, -0.2) is 0 Å². The number of nitrogens with one attached hydrogen (secondary N) is 2. The van der Waals surface area contributed by atoms with Crippen LogP contribution in [0.15, 0.2) is 18.7 Å². The van der Waals surface area contributed by atoms with Gasteiger partial charge in [-0.05, 0) is 47.6 Å². The molecule has 0 bridgehead atoms. The molecule has 6 N–H and O–H groups in total. The van der Waals surface area contributed by atoms with Gasteiger partial charge in [0.25, 0.3) is 0 Å². The molecule has 0 unspecified atom stereocenters. The van der Waals surface area contributed by atoms with E-state index in [1.165, 1.54) is 5.56 Å². The largest absolute Gasteiger partial charge is 0.357 e. The maximum Gasteiger partial charge on any atom is 0.237 e. The van der Waals surface area contributed by atoms with Gasteiger partial charge in [0.15, 0.2) is 0 Å². The molecule has 2 aromatic rings. The summed E-state index contributed by atoms with van der Waals surface area (Å²) in [6.45, 7) is 20.2. The van der Waals surface area contributed by atoms with Crippen molar-refractivity contribution in [3.8, 4) is 0 Å². The Bertz CT molecular complexity index is 910. The number of nitrogens with two attached hydrogens (primary N) is 2. The summed E-state index contributed by atoms with van der Waals surface area (Å²) in [6, 6.07) is 3.78. The summed E-state index contributed by atoms with van der Waals surface area (Å²) < 4.78 is 0. The number of H-pyrrole nitrogens is 1. The van der Waals surface area contributed by atoms with E-state index in [1.54, 1.807) is 0 Å². The van der Waals surface area contributed by atoms with Gasteiger partial charge >= 0.3 is 0 Å². The zero-order valence-electron chi connectivity index (χ0n) is 19.1. The van der Waals surface area contributed by atoms with Gasteiger partial charge < -0.3 is 21.8 Å². The molecule has 5 nitrogen and oxygen atoms in total. The van der Waals surface area contributed by atoms with Crippen LogP contribution < -0.4 is 16.8 Å². The fraction of sp³-hybridized carbons (Fsp3) is 0.542. The van der Waals surface area contributed by atoms with Gasteiger partial charge in [0.05, 0.1) is 6.04 Å². The van der Waals surface area contributed by atoms with E-state index < -0.39 is 6.04 Å². The first-order valence-corrected chi connectivity index (χ1v) is 10.4. The number of aromatic amines is 1. The average Bonchev–Trinajstić information content (AvgIpc) is 2.96. The quantitative estimate of drug-likeness (QED) is 0.597. The highest BCUT2D eigenvalue weighted by molar-refractivity contribution is 5.92. The molecule has 0 saturated heterocycles. The third-order valence-electron chi connectivity index (χ3n) is 5.27. The summed E-state index contributed by atoms with van der Waals surface area (Å²) in [5.74, 6) is -0.170. The predicted molar refractivity (Wildman–Crippen MR) is 124 cm³/mol. The molecule has 29 heavy (non-hydrogen) atoms. The molecule has 0 aliphatic rings. The van der Waals surface area contributed by atoms with Crippen molar-refractivity contribution in [1.82, 2.24) is 10.3 Å². The topological polar surface area (TPSA) is 96.9 Å². The van der Waals surface area contributed by atoms with Gasteiger partial charge in [0.1, 0.15) is 0 Å². The highest BCUT2D eigenvalue weighted by Crippen LogP contribution is 2.39. The molecule has 1 aromatic carbocycles. The van der Waals surface area contributed by atoms with E-state index >= 15 is 0 Å². The van der Waals surface area contributed by atoms with Gasteiger partial charge in [0, 0.05) is 35.1 Å². The van der Waals surface area contributed by atoms with E-state index in [0.29, 0.717) is 19.5 Å². The summed E-state index contributed by atoms with van der Waals surface area (Å²) in [6.07, 6.45) is 0.465. The lowest BCUT2D eigenvalue weighted by atomic mass is 9.82. The molecule has 2 rings (SSSR count). The van der Waals surface area contributed by atoms with Crippen LogP contribution in [0.2, 0.25) is 0 Å². The third-order valence-corrected chi connectivity index (χ3v) is 5.27. The SMILES string of the molecule is C=C(C)c1cc(C(C)(C)C)c2[nH]c(C(C)(C)C)c(C[C@H](N)C(=O)NCCN)c2c1. The summed E-state index contributed by atoms with van der Waals surface area (Å²) >= 11 is 0. The van der Waals surface area contributed by atoms with Crippen LogP contribution >= 0.6 is 0 Å². The van der Waals surface area contributed by atoms with E-state index in [2.05, 4.69) is 70.6 Å². The number of rotatable bonds is 6. The molecule has 0 spiro atoms. The number of hydrogen-bond donors (Lipinski definition) is 4. The molecule has 0 fully saturated rings. The second-order valence-electron chi connectivity index (χ2n) is 10.1. The second kappa shape index (κ2) is 8.33. The minimum atomic E-state index is -0.631. The lowest BCUT2D eigenvalue weighted by molar-refractivity contribution is -0.122. The van der Waals surface area contributed by atoms with Crippen LogP contribution in [-0.4, -0.2) is 30.0 Å². The Morgan fingerprint density at radius 1 is 1.17 bits per heavy atom. The number of allylic oxidation sites excluding steroid dienone is 1. The van der Waals surface area contributed by atoms with Crippen LogP contribution in [0.5, 0.6) is 0 Å². The van der Waals surface area contributed by atoms with Crippen molar-refractivity contribution in [3.63, 3.8) is 0 Å². The van der Waals surface area contributed by atoms with E-state index in [0.717, 1.165) is 33.3 Å². The molecule has 0 saturated carbocycles. The van der Waals surface area contributed by atoms with Gasteiger partial charge in [0.2, 0.25) is 5.91 Å². The molecule has 5 heteroatoms. The second-order valence-corrected chi connectivity index (χ2v) is 10.1. The predicted octanol–water partition coefficient (Wildman–Crippen LogP) is 3.74. The van der Waals surface area contributed by atoms with Gasteiger partial charge in [-0.1, -0.05) is 53.7 Å². The molecule has 0 radical (unpaired) electrons. The van der Waals surface area contributed by atoms with E-state index in [-0.39, 0.29) is 16.7 Å². The first kappa shape index (κ1) is 23.2. The van der Waals surface area contributed by atoms with E-state index in [4.69, 9.17) is 11.5 Å². The molecule has 160 valence electrons. The number of hydrogen-bond acceptors (Lipinski definition) is 3. The van der Waals surface area contributed by atoms with Crippen molar-refractivity contribution in [3.05, 3.63) is 41.1 Å². The summed E-state index contributed by atoms with van der Waals surface area (Å²) in [4.78, 5) is 16.1. The van der Waals surface area contributed by atoms with Crippen molar-refractivity contribution in [2.75, 3.05) is 13.1 Å². The zero-order chi connectivity index (χ0) is 22.1. The minimum absolute atomic E-state index is 0.0401. The molecule has 0 aliphatic carbocycles. The maximum absolute atomic E-state index is 12.4. The Labute approximate surface area is 175 Å². The Balaban J connectivity index is 2.73. The smallest absolute Gasteiger partial charge is 0.237 e. The normalized spacial score (nSPS) is 13.6. The summed E-state index contributed by atoms with van der Waals surface area (Å²) in [5.41, 5.74) is 18.4. The van der Waals surface area contributed by atoms with Crippen LogP contribution in [0.1, 0.15) is 70.9 Å². The Morgan fingerprint density at radius 3 is 2.28 bits per heavy atom.